The van der Waals surface area contributed by atoms with E-state index in [2.05, 4.69) is 21.2 Å². The lowest BCUT2D eigenvalue weighted by Gasteiger charge is -2.43. The maximum absolute atomic E-state index is 13.4. The lowest BCUT2D eigenvalue weighted by Crippen LogP contribution is -2.54. The van der Waals surface area contributed by atoms with Crippen LogP contribution in [0.25, 0.3) is 0 Å². The highest BCUT2D eigenvalue weighted by molar-refractivity contribution is 6.31. The van der Waals surface area contributed by atoms with E-state index in [-0.39, 0.29) is 36.5 Å². The zero-order chi connectivity index (χ0) is 38.9. The number of carbonyl (C=O) groups excluding carboxylic acids is 5. The van der Waals surface area contributed by atoms with Gasteiger partial charge in [0.15, 0.2) is 0 Å². The van der Waals surface area contributed by atoms with Crippen molar-refractivity contribution >= 4 is 46.8 Å². The number of piperidine rings is 2. The van der Waals surface area contributed by atoms with E-state index in [0.717, 1.165) is 81.0 Å². The predicted molar refractivity (Wildman–Crippen MR) is 206 cm³/mol. The third-order valence-electron chi connectivity index (χ3n) is 11.8. The Kier molecular flexibility index (Phi) is 10.7. The Morgan fingerprint density at radius 3 is 2.02 bits per heavy atom. The van der Waals surface area contributed by atoms with Gasteiger partial charge in [-0.25, -0.2) is 0 Å². The van der Waals surface area contributed by atoms with Crippen LogP contribution in [0.3, 0.4) is 0 Å². The van der Waals surface area contributed by atoms with Gasteiger partial charge in [-0.1, -0.05) is 11.6 Å². The third-order valence-corrected chi connectivity index (χ3v) is 12.1. The van der Waals surface area contributed by atoms with Gasteiger partial charge in [-0.2, -0.15) is 5.26 Å². The number of hydrogen-bond acceptors (Lipinski definition) is 10. The van der Waals surface area contributed by atoms with Crippen LogP contribution >= 0.6 is 11.6 Å². The molecule has 1 atom stereocenters. The summed E-state index contributed by atoms with van der Waals surface area (Å²) < 4.78 is 12.4. The number of nitrogens with zero attached hydrogens (tertiary/aromatic N) is 5. The molecule has 4 heterocycles. The number of nitriles is 1. The topological polar surface area (TPSA) is 153 Å². The summed E-state index contributed by atoms with van der Waals surface area (Å²) in [7, 11) is 0. The summed E-state index contributed by atoms with van der Waals surface area (Å²) >= 11 is 6.15. The monoisotopic (exact) mass is 778 g/mol. The molecule has 5 amide bonds. The molecule has 0 aromatic heterocycles. The van der Waals surface area contributed by atoms with Gasteiger partial charge in [-0.15, -0.1) is 0 Å². The molecule has 3 aromatic rings. The van der Waals surface area contributed by atoms with Crippen molar-refractivity contribution in [3.05, 3.63) is 87.9 Å². The smallest absolute Gasteiger partial charge is 0.262 e. The molecular formula is C42H43ClN6O7. The number of benzene rings is 3. The summed E-state index contributed by atoms with van der Waals surface area (Å²) in [6.45, 7) is 4.49. The van der Waals surface area contributed by atoms with Crippen molar-refractivity contribution in [2.75, 3.05) is 44.2 Å². The van der Waals surface area contributed by atoms with E-state index < -0.39 is 29.7 Å². The summed E-state index contributed by atoms with van der Waals surface area (Å²) in [4.78, 5) is 71.5. The summed E-state index contributed by atoms with van der Waals surface area (Å²) in [6.07, 6.45) is 5.60. The van der Waals surface area contributed by atoms with Crippen molar-refractivity contribution < 1.29 is 33.4 Å². The van der Waals surface area contributed by atoms with Crippen molar-refractivity contribution in [1.29, 1.82) is 5.26 Å². The molecule has 3 aromatic carbocycles. The Balaban J connectivity index is 0.772. The second-order valence-electron chi connectivity index (χ2n) is 15.1. The first kappa shape index (κ1) is 37.5. The van der Waals surface area contributed by atoms with E-state index in [1.165, 1.54) is 0 Å². The van der Waals surface area contributed by atoms with Gasteiger partial charge in [0, 0.05) is 69.0 Å². The first-order valence-corrected chi connectivity index (χ1v) is 19.8. The number of ether oxygens (including phenoxy) is 2. The summed E-state index contributed by atoms with van der Waals surface area (Å²) in [6, 6.07) is 19.3. The number of anilines is 1. The van der Waals surface area contributed by atoms with E-state index in [1.807, 2.05) is 35.2 Å². The lowest BCUT2D eigenvalue weighted by molar-refractivity contribution is -0.136. The first-order valence-electron chi connectivity index (χ1n) is 19.4. The Hall–Kier alpha value is -5.45. The zero-order valence-corrected chi connectivity index (χ0v) is 31.7. The maximum Gasteiger partial charge on any atom is 0.262 e. The molecular weight excluding hydrogens is 736 g/mol. The number of imide groups is 2. The Morgan fingerprint density at radius 2 is 1.38 bits per heavy atom. The fourth-order valence-electron chi connectivity index (χ4n) is 8.61. The molecule has 1 saturated carbocycles. The van der Waals surface area contributed by atoms with E-state index in [0.29, 0.717) is 46.6 Å². The number of fused-ring (bicyclic) bond motifs is 1. The molecule has 5 aliphatic rings. The fourth-order valence-corrected chi connectivity index (χ4v) is 8.82. The highest BCUT2D eigenvalue weighted by atomic mass is 35.5. The maximum atomic E-state index is 13.4. The zero-order valence-electron chi connectivity index (χ0n) is 31.0. The molecule has 0 spiro atoms. The molecule has 0 bridgehead atoms. The highest BCUT2D eigenvalue weighted by Crippen LogP contribution is 2.33. The number of hydrogen-bond donors (Lipinski definition) is 1. The second-order valence-corrected chi connectivity index (χ2v) is 15.5. The minimum absolute atomic E-state index is 0.0207. The van der Waals surface area contributed by atoms with Crippen LogP contribution < -0.4 is 19.7 Å². The average Bonchev–Trinajstić information content (AvgIpc) is 3.46. The van der Waals surface area contributed by atoms with Crippen LogP contribution in [0.5, 0.6) is 11.5 Å². The SMILES string of the molecule is N#Cc1ccc(O[C@H]2CC[C@H](Oc3ccc(C(=O)N4CCN(C5CCN(c6ccc7c(c6)C(=O)N(C6CCC(=O)NC6=O)C7=O)CC5)CC4)cc3)CC2)cc1Cl. The molecule has 13 nitrogen and oxygen atoms in total. The largest absolute Gasteiger partial charge is 0.490 e. The third kappa shape index (κ3) is 7.68. The van der Waals surface area contributed by atoms with Crippen LogP contribution in [0.2, 0.25) is 5.02 Å². The quantitative estimate of drug-likeness (QED) is 0.316. The van der Waals surface area contributed by atoms with Crippen molar-refractivity contribution in [3.63, 3.8) is 0 Å². The van der Waals surface area contributed by atoms with Crippen LogP contribution in [0, 0.1) is 11.3 Å². The van der Waals surface area contributed by atoms with Crippen molar-refractivity contribution in [3.8, 4) is 17.6 Å². The Morgan fingerprint density at radius 1 is 0.732 bits per heavy atom. The van der Waals surface area contributed by atoms with E-state index >= 15 is 0 Å². The van der Waals surface area contributed by atoms with Gasteiger partial charge in [0.05, 0.1) is 33.9 Å². The normalized spacial score (nSPS) is 23.4. The number of rotatable bonds is 8. The minimum atomic E-state index is -0.983. The molecule has 0 radical (unpaired) electrons. The van der Waals surface area contributed by atoms with Gasteiger partial charge < -0.3 is 19.3 Å². The summed E-state index contributed by atoms with van der Waals surface area (Å²) in [5.41, 5.74) is 2.51. The second kappa shape index (κ2) is 16.0. The summed E-state index contributed by atoms with van der Waals surface area (Å²) in [5, 5.41) is 11.7. The van der Waals surface area contributed by atoms with Crippen LogP contribution in [0.4, 0.5) is 5.69 Å². The number of piperazine rings is 1. The number of amides is 5. The standard InChI is InChI=1S/C42H43ClN6O7/c43-36-24-33(7-3-27(36)25-44)56-32-10-8-31(9-11-32)55-30-5-1-26(2-6-30)40(52)48-21-19-47(20-22-48)28-15-17-46(18-16-28)29-4-12-34-35(23-29)42(54)49(41(34)53)37-13-14-38(50)45-39(37)51/h1-7,12,23-24,28,31-32,37H,8-11,13-22H2,(H,45,50,51)/t31-,32-,37?. The van der Waals surface area contributed by atoms with Crippen LogP contribution in [-0.4, -0.2) is 108 Å². The highest BCUT2D eigenvalue weighted by Gasteiger charge is 2.45. The number of carbonyl (C=O) groups is 5. The van der Waals surface area contributed by atoms with E-state index in [4.69, 9.17) is 26.3 Å². The molecule has 8 rings (SSSR count). The minimum Gasteiger partial charge on any atom is -0.490 e. The van der Waals surface area contributed by atoms with Crippen molar-refractivity contribution in [2.24, 2.45) is 0 Å². The predicted octanol–water partition coefficient (Wildman–Crippen LogP) is 4.81. The first-order chi connectivity index (χ1) is 27.1. The van der Waals surface area contributed by atoms with Gasteiger partial charge >= 0.3 is 0 Å². The molecule has 14 heteroatoms. The van der Waals surface area contributed by atoms with Gasteiger partial charge in [0.2, 0.25) is 11.8 Å². The van der Waals surface area contributed by atoms with Crippen LogP contribution in [-0.2, 0) is 9.59 Å². The van der Waals surface area contributed by atoms with Gasteiger partial charge in [-0.3, -0.25) is 39.1 Å². The molecule has 290 valence electrons. The Labute approximate surface area is 330 Å². The Bertz CT molecular complexity index is 2080. The lowest BCUT2D eigenvalue weighted by atomic mass is 9.95. The molecule has 3 saturated heterocycles. The number of nitrogens with one attached hydrogen (secondary N) is 1. The van der Waals surface area contributed by atoms with Crippen LogP contribution in [0.15, 0.2) is 60.7 Å². The molecule has 4 fully saturated rings. The molecule has 1 N–H and O–H groups in total. The summed E-state index contributed by atoms with van der Waals surface area (Å²) in [5.74, 6) is -0.583. The van der Waals surface area contributed by atoms with Crippen molar-refractivity contribution in [2.45, 2.75) is 75.7 Å². The van der Waals surface area contributed by atoms with Crippen molar-refractivity contribution in [1.82, 2.24) is 20.0 Å². The van der Waals surface area contributed by atoms with E-state index in [1.54, 1.807) is 30.3 Å². The van der Waals surface area contributed by atoms with Gasteiger partial charge in [0.1, 0.15) is 23.6 Å². The van der Waals surface area contributed by atoms with Crippen LogP contribution in [0.1, 0.15) is 88.0 Å². The van der Waals surface area contributed by atoms with Gasteiger partial charge in [-0.05, 0) is 99.5 Å². The molecule has 4 aliphatic heterocycles. The average molecular weight is 779 g/mol. The van der Waals surface area contributed by atoms with Gasteiger partial charge in [0.25, 0.3) is 17.7 Å². The molecule has 1 aliphatic carbocycles. The number of halogens is 1. The fraction of sp³-hybridized carbons (Fsp3) is 0.429. The molecule has 1 unspecified atom stereocenters. The molecule has 56 heavy (non-hydrogen) atoms. The van der Waals surface area contributed by atoms with E-state index in [9.17, 15) is 24.0 Å².